The Bertz CT molecular complexity index is 1430. The zero-order valence-corrected chi connectivity index (χ0v) is 23.7. The van der Waals surface area contributed by atoms with Gasteiger partial charge in [-0.25, -0.2) is 8.42 Å². The van der Waals surface area contributed by atoms with Gasteiger partial charge in [0, 0.05) is 32.6 Å². The zero-order chi connectivity index (χ0) is 27.5. The molecule has 2 heterocycles. The summed E-state index contributed by atoms with van der Waals surface area (Å²) in [6, 6.07) is 16.4. The van der Waals surface area contributed by atoms with E-state index >= 15 is 0 Å². The Labute approximate surface area is 227 Å². The molecule has 9 nitrogen and oxygen atoms in total. The van der Waals surface area contributed by atoms with E-state index in [2.05, 4.69) is 48.1 Å². The molecule has 1 aromatic heterocycles. The smallest absolute Gasteiger partial charge is 0.273 e. The molecule has 1 fully saturated rings. The van der Waals surface area contributed by atoms with E-state index in [0.717, 1.165) is 17.3 Å². The van der Waals surface area contributed by atoms with Gasteiger partial charge in [0.1, 0.15) is 5.69 Å². The first kappa shape index (κ1) is 28.0. The van der Waals surface area contributed by atoms with Crippen molar-refractivity contribution in [2.24, 2.45) is 0 Å². The molecule has 0 unspecified atom stereocenters. The molecular formula is C27H33N5O4S2. The highest BCUT2D eigenvalue weighted by Gasteiger charge is 2.32. The lowest BCUT2D eigenvalue weighted by Crippen LogP contribution is -2.52. The highest BCUT2D eigenvalue weighted by molar-refractivity contribution is 8.00. The zero-order valence-electron chi connectivity index (χ0n) is 22.0. The summed E-state index contributed by atoms with van der Waals surface area (Å²) in [6.45, 7) is 9.23. The van der Waals surface area contributed by atoms with Gasteiger partial charge in [0.15, 0.2) is 5.16 Å². The standard InChI is InChI=1S/C27H33N5O4S2/c1-19(25(34)31-14-16-32(17-15-31)38(35,36)22-8-6-5-7-9-22)37-26-28-24(33)23(29-30-26)18-20-10-12-21(13-11-20)27(2,3)4/h5-13,19H,14-18H2,1-4H3,(H,28,30,33)/t19-/m0/s1. The minimum atomic E-state index is -3.59. The number of rotatable bonds is 7. The van der Waals surface area contributed by atoms with Crippen LogP contribution in [0.25, 0.3) is 0 Å². The van der Waals surface area contributed by atoms with Crippen molar-refractivity contribution in [3.05, 3.63) is 81.8 Å². The van der Waals surface area contributed by atoms with Crippen molar-refractivity contribution < 1.29 is 13.2 Å². The number of nitrogens with one attached hydrogen (secondary N) is 1. The number of piperazine rings is 1. The van der Waals surface area contributed by atoms with E-state index in [1.165, 1.54) is 9.87 Å². The van der Waals surface area contributed by atoms with Crippen molar-refractivity contribution in [2.75, 3.05) is 26.2 Å². The van der Waals surface area contributed by atoms with Crippen LogP contribution < -0.4 is 5.56 Å². The lowest BCUT2D eigenvalue weighted by atomic mass is 9.86. The number of benzene rings is 2. The largest absolute Gasteiger partial charge is 0.339 e. The third-order valence-corrected chi connectivity index (χ3v) is 9.38. The maximum atomic E-state index is 13.0. The third-order valence-electron chi connectivity index (χ3n) is 6.50. The summed E-state index contributed by atoms with van der Waals surface area (Å²) >= 11 is 1.13. The van der Waals surface area contributed by atoms with Gasteiger partial charge >= 0.3 is 0 Å². The van der Waals surface area contributed by atoms with Crippen LogP contribution in [-0.2, 0) is 26.7 Å². The molecule has 1 atom stereocenters. The lowest BCUT2D eigenvalue weighted by Gasteiger charge is -2.35. The fraction of sp³-hybridized carbons (Fsp3) is 0.407. The number of aromatic amines is 1. The molecule has 38 heavy (non-hydrogen) atoms. The Morgan fingerprint density at radius 1 is 1.00 bits per heavy atom. The van der Waals surface area contributed by atoms with Crippen LogP contribution in [0.3, 0.4) is 0 Å². The van der Waals surface area contributed by atoms with Gasteiger partial charge in [-0.05, 0) is 35.6 Å². The topological polar surface area (TPSA) is 116 Å². The van der Waals surface area contributed by atoms with Gasteiger partial charge in [-0.1, -0.05) is 75.0 Å². The second kappa shape index (κ2) is 11.4. The van der Waals surface area contributed by atoms with E-state index in [1.54, 1.807) is 42.2 Å². The molecule has 4 rings (SSSR count). The number of hydrogen-bond acceptors (Lipinski definition) is 7. The molecule has 0 saturated carbocycles. The SMILES string of the molecule is C[C@H](Sc1nnc(Cc2ccc(C(C)(C)C)cc2)c(=O)[nH]1)C(=O)N1CCN(S(=O)(=O)c2ccccc2)CC1. The number of aromatic nitrogens is 3. The van der Waals surface area contributed by atoms with Gasteiger partial charge in [0.2, 0.25) is 15.9 Å². The highest BCUT2D eigenvalue weighted by Crippen LogP contribution is 2.24. The van der Waals surface area contributed by atoms with Gasteiger partial charge < -0.3 is 4.90 Å². The molecule has 11 heteroatoms. The van der Waals surface area contributed by atoms with Crippen molar-refractivity contribution in [1.82, 2.24) is 24.4 Å². The Morgan fingerprint density at radius 2 is 1.63 bits per heavy atom. The molecule has 1 amide bonds. The second-order valence-corrected chi connectivity index (χ2v) is 13.6. The molecule has 2 aromatic carbocycles. The fourth-order valence-electron chi connectivity index (χ4n) is 4.20. The Kier molecular flexibility index (Phi) is 8.39. The molecule has 1 aliphatic heterocycles. The summed E-state index contributed by atoms with van der Waals surface area (Å²) in [5.41, 5.74) is 2.21. The average Bonchev–Trinajstić information content (AvgIpc) is 2.90. The van der Waals surface area contributed by atoms with Crippen LogP contribution in [0.5, 0.6) is 0 Å². The van der Waals surface area contributed by atoms with Crippen LogP contribution in [-0.4, -0.2) is 70.1 Å². The molecule has 1 aliphatic rings. The van der Waals surface area contributed by atoms with Crippen molar-refractivity contribution in [1.29, 1.82) is 0 Å². The number of hydrogen-bond donors (Lipinski definition) is 1. The van der Waals surface area contributed by atoms with Crippen molar-refractivity contribution >= 4 is 27.7 Å². The number of thioether (sulfide) groups is 1. The second-order valence-electron chi connectivity index (χ2n) is 10.3. The van der Waals surface area contributed by atoms with Crippen molar-refractivity contribution in [2.45, 2.75) is 54.8 Å². The minimum Gasteiger partial charge on any atom is -0.339 e. The normalized spacial score (nSPS) is 15.8. The summed E-state index contributed by atoms with van der Waals surface area (Å²) in [4.78, 5) is 30.3. The number of sulfonamides is 1. The van der Waals surface area contributed by atoms with Crippen LogP contribution in [0, 0.1) is 0 Å². The lowest BCUT2D eigenvalue weighted by molar-refractivity contribution is -0.131. The summed E-state index contributed by atoms with van der Waals surface area (Å²) in [5.74, 6) is -0.141. The molecule has 0 bridgehead atoms. The Morgan fingerprint density at radius 3 is 2.21 bits per heavy atom. The number of H-pyrrole nitrogens is 1. The van der Waals surface area contributed by atoms with Gasteiger partial charge in [-0.2, -0.15) is 4.31 Å². The van der Waals surface area contributed by atoms with E-state index in [0.29, 0.717) is 25.2 Å². The van der Waals surface area contributed by atoms with Gasteiger partial charge in [0.05, 0.1) is 10.1 Å². The molecule has 0 radical (unpaired) electrons. The third kappa shape index (κ3) is 6.51. The van der Waals surface area contributed by atoms with Gasteiger partial charge in [-0.15, -0.1) is 10.2 Å². The predicted molar refractivity (Wildman–Crippen MR) is 148 cm³/mol. The molecule has 202 valence electrons. The monoisotopic (exact) mass is 555 g/mol. The Balaban J connectivity index is 1.33. The number of carbonyl (C=O) groups excluding carboxylic acids is 1. The minimum absolute atomic E-state index is 0.0518. The van der Waals surface area contributed by atoms with E-state index in [9.17, 15) is 18.0 Å². The highest BCUT2D eigenvalue weighted by atomic mass is 32.2. The van der Waals surface area contributed by atoms with E-state index < -0.39 is 15.3 Å². The number of nitrogens with zero attached hydrogens (tertiary/aromatic N) is 4. The molecule has 0 spiro atoms. The van der Waals surface area contributed by atoms with E-state index in [1.807, 2.05) is 12.1 Å². The van der Waals surface area contributed by atoms with Gasteiger partial charge in [-0.3, -0.25) is 14.6 Å². The first-order valence-corrected chi connectivity index (χ1v) is 14.8. The van der Waals surface area contributed by atoms with Crippen LogP contribution in [0.2, 0.25) is 0 Å². The van der Waals surface area contributed by atoms with Crippen LogP contribution in [0.1, 0.15) is 44.5 Å². The van der Waals surface area contributed by atoms with Crippen molar-refractivity contribution in [3.8, 4) is 0 Å². The molecule has 0 aliphatic carbocycles. The Hall–Kier alpha value is -3.02. The summed E-state index contributed by atoms with van der Waals surface area (Å²) in [5, 5.41) is 8.01. The quantitative estimate of drug-likeness (QED) is 0.446. The first-order valence-electron chi connectivity index (χ1n) is 12.5. The van der Waals surface area contributed by atoms with Crippen LogP contribution in [0.15, 0.2) is 69.4 Å². The summed E-state index contributed by atoms with van der Waals surface area (Å²) in [6.07, 6.45) is 0.363. The molecule has 1 N–H and O–H groups in total. The first-order chi connectivity index (χ1) is 17.9. The predicted octanol–water partition coefficient (Wildman–Crippen LogP) is 3.07. The number of amides is 1. The van der Waals surface area contributed by atoms with Crippen molar-refractivity contribution in [3.63, 3.8) is 0 Å². The number of carbonyl (C=O) groups is 1. The average molecular weight is 556 g/mol. The molecular weight excluding hydrogens is 522 g/mol. The van der Waals surface area contributed by atoms with E-state index in [-0.39, 0.29) is 40.0 Å². The van der Waals surface area contributed by atoms with Gasteiger partial charge in [0.25, 0.3) is 5.56 Å². The summed E-state index contributed by atoms with van der Waals surface area (Å²) in [7, 11) is -3.59. The summed E-state index contributed by atoms with van der Waals surface area (Å²) < 4.78 is 27.1. The molecule has 3 aromatic rings. The van der Waals surface area contributed by atoms with Crippen LogP contribution >= 0.6 is 11.8 Å². The van der Waals surface area contributed by atoms with E-state index in [4.69, 9.17) is 0 Å². The molecule has 1 saturated heterocycles. The maximum Gasteiger partial charge on any atom is 0.273 e. The van der Waals surface area contributed by atoms with Crippen LogP contribution in [0.4, 0.5) is 0 Å². The fourth-order valence-corrected chi connectivity index (χ4v) is 6.46. The maximum absolute atomic E-state index is 13.0.